The quantitative estimate of drug-likeness (QED) is 0.610. The van der Waals surface area contributed by atoms with Gasteiger partial charge in [0.1, 0.15) is 6.54 Å². The lowest BCUT2D eigenvalue weighted by molar-refractivity contribution is -0.953. The Morgan fingerprint density at radius 1 is 0.870 bits per heavy atom. The van der Waals surface area contributed by atoms with Crippen molar-refractivity contribution in [2.75, 3.05) is 39.3 Å². The summed E-state index contributed by atoms with van der Waals surface area (Å²) in [6.45, 7) is 9.28. The molecule has 0 spiro atoms. The average molecular weight is 309 g/mol. The van der Waals surface area contributed by atoms with Crippen LogP contribution in [0.25, 0.3) is 0 Å². The lowest BCUT2D eigenvalue weighted by atomic mass is 9.87. The molecule has 2 nitrogen and oxygen atoms in total. The molecule has 5 aliphatic rings. The molecule has 3 atom stereocenters. The molecule has 2 heteroatoms. The first-order valence-corrected chi connectivity index (χ1v) is 9.62. The molecular formula is C21H29N2+. The minimum absolute atomic E-state index is 0.877. The van der Waals surface area contributed by atoms with Crippen LogP contribution in [0.5, 0.6) is 0 Å². The van der Waals surface area contributed by atoms with Gasteiger partial charge in [0.15, 0.2) is 0 Å². The molecule has 23 heavy (non-hydrogen) atoms. The van der Waals surface area contributed by atoms with Gasteiger partial charge in [-0.1, -0.05) is 36.4 Å². The molecule has 4 fully saturated rings. The van der Waals surface area contributed by atoms with Crippen LogP contribution in [0.3, 0.4) is 0 Å². The van der Waals surface area contributed by atoms with Crippen LogP contribution in [0.1, 0.15) is 24.0 Å². The van der Waals surface area contributed by atoms with Crippen molar-refractivity contribution in [1.82, 2.24) is 4.90 Å². The van der Waals surface area contributed by atoms with Gasteiger partial charge in [0, 0.05) is 25.2 Å². The van der Waals surface area contributed by atoms with Crippen molar-refractivity contribution in [3.8, 4) is 0 Å². The van der Waals surface area contributed by atoms with Crippen LogP contribution in [0, 0.1) is 17.8 Å². The molecule has 1 aromatic rings. The third kappa shape index (κ3) is 2.66. The minimum Gasteiger partial charge on any atom is -0.317 e. The van der Waals surface area contributed by atoms with E-state index in [1.54, 1.807) is 11.1 Å². The Hall–Kier alpha value is -1.12. The Balaban J connectivity index is 1.24. The van der Waals surface area contributed by atoms with Crippen LogP contribution >= 0.6 is 0 Å². The highest BCUT2D eigenvalue weighted by Gasteiger charge is 2.38. The predicted molar refractivity (Wildman–Crippen MR) is 94.0 cm³/mol. The summed E-state index contributed by atoms with van der Waals surface area (Å²) in [7, 11) is 0. The van der Waals surface area contributed by atoms with E-state index in [1.807, 2.05) is 0 Å². The van der Waals surface area contributed by atoms with Crippen molar-refractivity contribution in [2.24, 2.45) is 17.8 Å². The fourth-order valence-electron chi connectivity index (χ4n) is 5.57. The normalized spacial score (nSPS) is 40.9. The monoisotopic (exact) mass is 309 g/mol. The molecule has 3 saturated heterocycles. The summed E-state index contributed by atoms with van der Waals surface area (Å²) >= 11 is 0. The zero-order valence-corrected chi connectivity index (χ0v) is 14.2. The first-order valence-electron chi connectivity index (χ1n) is 9.62. The molecule has 0 aromatic heterocycles. The van der Waals surface area contributed by atoms with Gasteiger partial charge >= 0.3 is 0 Å². The molecule has 0 radical (unpaired) electrons. The van der Waals surface area contributed by atoms with Gasteiger partial charge in [-0.25, -0.2) is 0 Å². The number of fused-ring (bicyclic) bond motifs is 5. The fourth-order valence-corrected chi connectivity index (χ4v) is 5.57. The molecule has 1 saturated carbocycles. The fraction of sp³-hybridized carbons (Fsp3) is 0.619. The largest absolute Gasteiger partial charge is 0.317 e. The van der Waals surface area contributed by atoms with Gasteiger partial charge in [-0.2, -0.15) is 0 Å². The summed E-state index contributed by atoms with van der Waals surface area (Å²) in [5, 5.41) is 0. The van der Waals surface area contributed by atoms with Crippen LogP contribution in [0.4, 0.5) is 0 Å². The number of benzene rings is 1. The summed E-state index contributed by atoms with van der Waals surface area (Å²) in [5.74, 6) is 2.69. The van der Waals surface area contributed by atoms with Crippen molar-refractivity contribution in [1.29, 1.82) is 0 Å². The number of piperazine rings is 3. The predicted octanol–water partition coefficient (Wildman–Crippen LogP) is 3.09. The highest BCUT2D eigenvalue weighted by atomic mass is 15.4. The van der Waals surface area contributed by atoms with Crippen LogP contribution in [-0.4, -0.2) is 48.7 Å². The first kappa shape index (κ1) is 14.2. The Morgan fingerprint density at radius 2 is 1.57 bits per heavy atom. The molecule has 2 aliphatic carbocycles. The molecule has 122 valence electrons. The summed E-state index contributed by atoms with van der Waals surface area (Å²) < 4.78 is 1.34. The van der Waals surface area contributed by atoms with E-state index in [9.17, 15) is 0 Å². The van der Waals surface area contributed by atoms with Crippen molar-refractivity contribution in [3.05, 3.63) is 47.5 Å². The third-order valence-electron chi connectivity index (χ3n) is 7.13. The zero-order chi connectivity index (χ0) is 15.3. The number of allylic oxidation sites excluding steroid dienone is 2. The van der Waals surface area contributed by atoms with Gasteiger partial charge in [0.2, 0.25) is 0 Å². The smallest absolute Gasteiger partial charge is 0.104 e. The van der Waals surface area contributed by atoms with Gasteiger partial charge in [-0.05, 0) is 42.6 Å². The Kier molecular flexibility index (Phi) is 3.38. The minimum atomic E-state index is 0.877. The highest BCUT2D eigenvalue weighted by Crippen LogP contribution is 2.44. The maximum absolute atomic E-state index is 2.63. The summed E-state index contributed by atoms with van der Waals surface area (Å²) in [4.78, 5) is 2.63. The van der Waals surface area contributed by atoms with Gasteiger partial charge in [0.05, 0.1) is 19.6 Å². The number of nitrogens with zero attached hydrogens (tertiary/aromatic N) is 2. The molecule has 0 N–H and O–H groups in total. The van der Waals surface area contributed by atoms with Crippen LogP contribution in [0.2, 0.25) is 0 Å². The number of quaternary nitrogens is 1. The molecule has 4 bridgehead atoms. The summed E-state index contributed by atoms with van der Waals surface area (Å²) in [5.41, 5.74) is 3.11. The third-order valence-corrected chi connectivity index (χ3v) is 7.13. The van der Waals surface area contributed by atoms with E-state index in [0.717, 1.165) is 17.8 Å². The maximum Gasteiger partial charge on any atom is 0.104 e. The van der Waals surface area contributed by atoms with E-state index in [4.69, 9.17) is 0 Å². The second-order valence-electron chi connectivity index (χ2n) is 8.57. The van der Waals surface area contributed by atoms with Gasteiger partial charge in [-0.3, -0.25) is 4.90 Å². The maximum atomic E-state index is 2.63. The van der Waals surface area contributed by atoms with Crippen LogP contribution < -0.4 is 0 Å². The average Bonchev–Trinajstić information content (AvgIpc) is 3.21. The second kappa shape index (κ2) is 5.46. The van der Waals surface area contributed by atoms with Crippen molar-refractivity contribution in [3.63, 3.8) is 0 Å². The lowest BCUT2D eigenvalue weighted by Gasteiger charge is -2.50. The number of hydrogen-bond acceptors (Lipinski definition) is 1. The van der Waals surface area contributed by atoms with Crippen molar-refractivity contribution in [2.45, 2.75) is 25.8 Å². The van der Waals surface area contributed by atoms with E-state index in [2.05, 4.69) is 41.3 Å². The van der Waals surface area contributed by atoms with E-state index in [0.29, 0.717) is 0 Å². The van der Waals surface area contributed by atoms with Gasteiger partial charge < -0.3 is 4.48 Å². The molecule has 3 heterocycles. The molecule has 0 amide bonds. The molecule has 3 unspecified atom stereocenters. The van der Waals surface area contributed by atoms with E-state index in [-0.39, 0.29) is 0 Å². The molecule has 6 rings (SSSR count). The lowest BCUT2D eigenvalue weighted by Crippen LogP contribution is -2.66. The molecular weight excluding hydrogens is 280 g/mol. The van der Waals surface area contributed by atoms with E-state index >= 15 is 0 Å². The summed E-state index contributed by atoms with van der Waals surface area (Å²) in [6.07, 6.45) is 9.09. The van der Waals surface area contributed by atoms with Crippen molar-refractivity contribution >= 4 is 0 Å². The standard InChI is InChI=1S/C21H29N2/c1-3-18(16-23-10-7-22(8-11-23)9-12-23)4-2-17(1)13-21-15-19-5-6-20(21)14-19/h1-6,19-21H,7-16H2/q+1. The molecule has 3 aliphatic heterocycles. The Labute approximate surface area is 140 Å². The SMILES string of the molecule is C1=CC2CC1CC2Cc1ccc(C[N+]23CCN(CC2)CC3)cc1. The van der Waals surface area contributed by atoms with Crippen molar-refractivity contribution < 1.29 is 4.48 Å². The summed E-state index contributed by atoms with van der Waals surface area (Å²) in [6, 6.07) is 9.69. The number of hydrogen-bond donors (Lipinski definition) is 0. The van der Waals surface area contributed by atoms with Crippen LogP contribution in [0.15, 0.2) is 36.4 Å². The van der Waals surface area contributed by atoms with E-state index < -0.39 is 0 Å². The Morgan fingerprint density at radius 3 is 2.17 bits per heavy atom. The molecule has 1 aromatic carbocycles. The van der Waals surface area contributed by atoms with E-state index in [1.165, 1.54) is 69.6 Å². The highest BCUT2D eigenvalue weighted by molar-refractivity contribution is 5.24. The van der Waals surface area contributed by atoms with Gasteiger partial charge in [-0.15, -0.1) is 0 Å². The second-order valence-corrected chi connectivity index (χ2v) is 8.57. The Bertz CT molecular complexity index is 581. The first-order chi connectivity index (χ1) is 11.3. The zero-order valence-electron chi connectivity index (χ0n) is 14.2. The number of rotatable bonds is 4. The van der Waals surface area contributed by atoms with Crippen LogP contribution in [-0.2, 0) is 13.0 Å². The topological polar surface area (TPSA) is 3.24 Å². The van der Waals surface area contributed by atoms with Gasteiger partial charge in [0.25, 0.3) is 0 Å².